The van der Waals surface area contributed by atoms with Crippen molar-refractivity contribution >= 4 is 50.5 Å². The molecule has 0 bridgehead atoms. The third-order valence-corrected chi connectivity index (χ3v) is 4.81. The molecule has 0 aliphatic rings. The van der Waals surface area contributed by atoms with E-state index in [4.69, 9.17) is 34.8 Å². The Morgan fingerprint density at radius 3 is 2.21 bits per heavy atom. The van der Waals surface area contributed by atoms with Crippen molar-refractivity contribution in [2.24, 2.45) is 0 Å². The zero-order valence-corrected chi connectivity index (χ0v) is 12.4. The summed E-state index contributed by atoms with van der Waals surface area (Å²) in [5, 5.41) is 0.0919. The standard InChI is InChI=1S/C11H7Cl3N2O2S/c12-7-3-1-4-8(13)10(7)19(17,18)16-9-5-2-6-15-11(9)14/h1-6,16H. The van der Waals surface area contributed by atoms with Crippen molar-refractivity contribution in [3.05, 3.63) is 51.7 Å². The maximum Gasteiger partial charge on any atom is 0.264 e. The predicted molar refractivity (Wildman–Crippen MR) is 76.5 cm³/mol. The van der Waals surface area contributed by atoms with Crippen LogP contribution in [-0.4, -0.2) is 13.4 Å². The SMILES string of the molecule is O=S(=O)(Nc1cccnc1Cl)c1c(Cl)cccc1Cl. The molecule has 4 nitrogen and oxygen atoms in total. The second-order valence-corrected chi connectivity index (χ2v) is 6.29. The maximum absolute atomic E-state index is 12.2. The van der Waals surface area contributed by atoms with Crippen LogP contribution in [0.1, 0.15) is 0 Å². The van der Waals surface area contributed by atoms with Crippen molar-refractivity contribution in [2.75, 3.05) is 4.72 Å². The summed E-state index contributed by atoms with van der Waals surface area (Å²) in [6.45, 7) is 0. The average molecular weight is 338 g/mol. The largest absolute Gasteiger partial charge is 0.276 e. The summed E-state index contributed by atoms with van der Waals surface area (Å²) in [4.78, 5) is 3.58. The molecule has 19 heavy (non-hydrogen) atoms. The van der Waals surface area contributed by atoms with E-state index in [0.29, 0.717) is 0 Å². The second kappa shape index (κ2) is 5.54. The first-order chi connectivity index (χ1) is 8.92. The maximum atomic E-state index is 12.2. The molecule has 0 saturated carbocycles. The number of anilines is 1. The van der Waals surface area contributed by atoms with Gasteiger partial charge >= 0.3 is 0 Å². The van der Waals surface area contributed by atoms with Gasteiger partial charge in [0.15, 0.2) is 5.15 Å². The molecule has 2 aromatic rings. The molecule has 0 amide bonds. The third kappa shape index (κ3) is 3.12. The van der Waals surface area contributed by atoms with Gasteiger partial charge in [0.2, 0.25) is 0 Å². The minimum absolute atomic E-state index is 0.0278. The van der Waals surface area contributed by atoms with E-state index in [1.54, 1.807) is 12.1 Å². The summed E-state index contributed by atoms with van der Waals surface area (Å²) in [6.07, 6.45) is 1.45. The molecule has 0 unspecified atom stereocenters. The zero-order valence-electron chi connectivity index (χ0n) is 9.27. The summed E-state index contributed by atoms with van der Waals surface area (Å²) in [5.74, 6) is 0. The molecule has 0 aliphatic heterocycles. The quantitative estimate of drug-likeness (QED) is 0.866. The van der Waals surface area contributed by atoms with E-state index < -0.39 is 10.0 Å². The highest BCUT2D eigenvalue weighted by Gasteiger charge is 2.22. The van der Waals surface area contributed by atoms with Gasteiger partial charge in [0.1, 0.15) is 4.90 Å². The zero-order chi connectivity index (χ0) is 14.0. The van der Waals surface area contributed by atoms with Crippen molar-refractivity contribution in [2.45, 2.75) is 4.90 Å². The Morgan fingerprint density at radius 1 is 1.00 bits per heavy atom. The number of hydrogen-bond acceptors (Lipinski definition) is 3. The van der Waals surface area contributed by atoms with Crippen LogP contribution in [0.2, 0.25) is 15.2 Å². The summed E-state index contributed by atoms with van der Waals surface area (Å²) in [6, 6.07) is 7.47. The van der Waals surface area contributed by atoms with Crippen LogP contribution in [0.15, 0.2) is 41.4 Å². The smallest absolute Gasteiger partial charge is 0.264 e. The van der Waals surface area contributed by atoms with Gasteiger partial charge in [-0.1, -0.05) is 40.9 Å². The molecule has 2 rings (SSSR count). The van der Waals surface area contributed by atoms with Crippen molar-refractivity contribution in [3.8, 4) is 0 Å². The van der Waals surface area contributed by atoms with Crippen molar-refractivity contribution < 1.29 is 8.42 Å². The van der Waals surface area contributed by atoms with E-state index in [-0.39, 0.29) is 25.8 Å². The molecular weight excluding hydrogens is 331 g/mol. The van der Waals surface area contributed by atoms with E-state index in [9.17, 15) is 8.42 Å². The summed E-state index contributed by atoms with van der Waals surface area (Å²) >= 11 is 17.5. The fourth-order valence-electron chi connectivity index (χ4n) is 1.40. The summed E-state index contributed by atoms with van der Waals surface area (Å²) in [7, 11) is -3.94. The number of pyridine rings is 1. The Kier molecular flexibility index (Phi) is 4.20. The molecular formula is C11H7Cl3N2O2S. The molecule has 0 radical (unpaired) electrons. The van der Waals surface area contributed by atoms with E-state index in [1.165, 1.54) is 24.4 Å². The van der Waals surface area contributed by atoms with Crippen molar-refractivity contribution in [1.82, 2.24) is 4.98 Å². The number of aromatic nitrogens is 1. The first-order valence-corrected chi connectivity index (χ1v) is 7.61. The van der Waals surface area contributed by atoms with Crippen molar-refractivity contribution in [1.29, 1.82) is 0 Å². The Labute approximate surface area is 125 Å². The highest BCUT2D eigenvalue weighted by Crippen LogP contribution is 2.31. The van der Waals surface area contributed by atoms with Gasteiger partial charge in [0.25, 0.3) is 10.0 Å². The van der Waals surface area contributed by atoms with Crippen LogP contribution in [0, 0.1) is 0 Å². The van der Waals surface area contributed by atoms with Gasteiger partial charge in [-0.2, -0.15) is 0 Å². The lowest BCUT2D eigenvalue weighted by molar-refractivity contribution is 0.601. The minimum atomic E-state index is -3.94. The van der Waals surface area contributed by atoms with E-state index >= 15 is 0 Å². The third-order valence-electron chi connectivity index (χ3n) is 2.19. The Balaban J connectivity index is 2.47. The molecule has 0 saturated heterocycles. The first-order valence-electron chi connectivity index (χ1n) is 4.99. The molecule has 1 aromatic carbocycles. The lowest BCUT2D eigenvalue weighted by Crippen LogP contribution is -2.14. The van der Waals surface area contributed by atoms with Gasteiger partial charge in [-0.15, -0.1) is 0 Å². The number of rotatable bonds is 3. The predicted octanol–water partition coefficient (Wildman–Crippen LogP) is 3.84. The Hall–Kier alpha value is -1.01. The second-order valence-electron chi connectivity index (χ2n) is 3.50. The van der Waals surface area contributed by atoms with Gasteiger partial charge < -0.3 is 0 Å². The van der Waals surface area contributed by atoms with Gasteiger partial charge in [0.05, 0.1) is 15.7 Å². The number of benzene rings is 1. The monoisotopic (exact) mass is 336 g/mol. The summed E-state index contributed by atoms with van der Waals surface area (Å²) < 4.78 is 26.8. The van der Waals surface area contributed by atoms with E-state index in [1.807, 2.05) is 0 Å². The van der Waals surface area contributed by atoms with Crippen LogP contribution in [0.3, 0.4) is 0 Å². The number of halogens is 3. The molecule has 0 spiro atoms. The highest BCUT2D eigenvalue weighted by molar-refractivity contribution is 7.93. The Bertz CT molecular complexity index is 699. The molecule has 1 N–H and O–H groups in total. The van der Waals surface area contributed by atoms with Gasteiger partial charge in [-0.05, 0) is 24.3 Å². The first kappa shape index (κ1) is 14.4. The molecule has 0 aliphatic carbocycles. The highest BCUT2D eigenvalue weighted by atomic mass is 35.5. The van der Waals surface area contributed by atoms with Gasteiger partial charge in [-0.25, -0.2) is 13.4 Å². The normalized spacial score (nSPS) is 11.3. The number of nitrogens with one attached hydrogen (secondary N) is 1. The Morgan fingerprint density at radius 2 is 1.63 bits per heavy atom. The molecule has 8 heteroatoms. The number of nitrogens with zero attached hydrogens (tertiary/aromatic N) is 1. The summed E-state index contributed by atoms with van der Waals surface area (Å²) in [5.41, 5.74) is 0.153. The van der Waals surface area contributed by atoms with Gasteiger partial charge in [0, 0.05) is 6.20 Å². The number of hydrogen-bond donors (Lipinski definition) is 1. The van der Waals surface area contributed by atoms with Crippen LogP contribution in [-0.2, 0) is 10.0 Å². The fraction of sp³-hybridized carbons (Fsp3) is 0. The fourth-order valence-corrected chi connectivity index (χ4v) is 3.83. The lowest BCUT2D eigenvalue weighted by Gasteiger charge is -2.11. The topological polar surface area (TPSA) is 59.1 Å². The van der Waals surface area contributed by atoms with Crippen LogP contribution in [0.4, 0.5) is 5.69 Å². The van der Waals surface area contributed by atoms with Crippen LogP contribution in [0.25, 0.3) is 0 Å². The molecule has 0 atom stereocenters. The minimum Gasteiger partial charge on any atom is -0.276 e. The molecule has 1 heterocycles. The van der Waals surface area contributed by atoms with Gasteiger partial charge in [-0.3, -0.25) is 4.72 Å². The van der Waals surface area contributed by atoms with Crippen LogP contribution >= 0.6 is 34.8 Å². The molecule has 100 valence electrons. The van der Waals surface area contributed by atoms with E-state index in [2.05, 4.69) is 9.71 Å². The molecule has 0 fully saturated rings. The average Bonchev–Trinajstić information content (AvgIpc) is 2.31. The van der Waals surface area contributed by atoms with E-state index in [0.717, 1.165) is 0 Å². The lowest BCUT2D eigenvalue weighted by atomic mass is 10.4. The van der Waals surface area contributed by atoms with Crippen LogP contribution in [0.5, 0.6) is 0 Å². The molecule has 1 aromatic heterocycles. The van der Waals surface area contributed by atoms with Crippen LogP contribution < -0.4 is 4.72 Å². The number of sulfonamides is 1. The van der Waals surface area contributed by atoms with Crippen molar-refractivity contribution in [3.63, 3.8) is 0 Å².